The highest BCUT2D eigenvalue weighted by atomic mass is 16.5. The number of cyclic esters (lactones) is 1. The zero-order valence-electron chi connectivity index (χ0n) is 19.2. The molecule has 0 radical (unpaired) electrons. The Balaban J connectivity index is 1.65. The first-order valence-corrected chi connectivity index (χ1v) is 11.9. The predicted molar refractivity (Wildman–Crippen MR) is 135 cm³/mol. The topological polar surface area (TPSA) is 29.5 Å². The number of esters is 1. The summed E-state index contributed by atoms with van der Waals surface area (Å²) in [5, 5.41) is 0. The summed E-state index contributed by atoms with van der Waals surface area (Å²) in [6.07, 6.45) is 1.16. The minimum absolute atomic E-state index is 0.0356. The van der Waals surface area contributed by atoms with E-state index in [1.807, 2.05) is 48.5 Å². The van der Waals surface area contributed by atoms with E-state index in [0.717, 1.165) is 16.7 Å². The number of carbonyl (C=O) groups is 1. The second kappa shape index (κ2) is 10.1. The first kappa shape index (κ1) is 22.1. The highest BCUT2D eigenvalue weighted by Crippen LogP contribution is 2.40. The van der Waals surface area contributed by atoms with Gasteiger partial charge < -0.3 is 4.74 Å². The molecule has 5 rings (SSSR count). The van der Waals surface area contributed by atoms with Crippen molar-refractivity contribution in [3.05, 3.63) is 144 Å². The average molecular weight is 448 g/mol. The summed E-state index contributed by atoms with van der Waals surface area (Å²) >= 11 is 0. The van der Waals surface area contributed by atoms with Gasteiger partial charge in [0.2, 0.25) is 0 Å². The fourth-order valence-electron chi connectivity index (χ4n) is 5.06. The quantitative estimate of drug-likeness (QED) is 0.325. The summed E-state index contributed by atoms with van der Waals surface area (Å²) in [6.45, 7) is 1.01. The zero-order valence-corrected chi connectivity index (χ0v) is 19.2. The van der Waals surface area contributed by atoms with Crippen LogP contribution >= 0.6 is 0 Å². The molecule has 3 nitrogen and oxygen atoms in total. The fraction of sp³-hybridized carbons (Fsp3) is 0.194. The Morgan fingerprint density at radius 1 is 0.647 bits per heavy atom. The summed E-state index contributed by atoms with van der Waals surface area (Å²) in [6, 6.07) is 41.4. The lowest BCUT2D eigenvalue weighted by Gasteiger charge is -2.50. The van der Waals surface area contributed by atoms with E-state index >= 15 is 0 Å². The van der Waals surface area contributed by atoms with E-state index in [2.05, 4.69) is 77.7 Å². The smallest absolute Gasteiger partial charge is 0.327 e. The lowest BCUT2D eigenvalue weighted by atomic mass is 9.79. The Labute approximate surface area is 201 Å². The summed E-state index contributed by atoms with van der Waals surface area (Å²) in [7, 11) is 0. The van der Waals surface area contributed by atoms with Crippen LogP contribution < -0.4 is 0 Å². The van der Waals surface area contributed by atoms with Crippen molar-refractivity contribution in [2.75, 3.05) is 6.61 Å². The van der Waals surface area contributed by atoms with E-state index in [0.29, 0.717) is 26.0 Å². The first-order chi connectivity index (χ1) is 16.7. The molecule has 1 aliphatic rings. The van der Waals surface area contributed by atoms with Gasteiger partial charge in [-0.3, -0.25) is 9.69 Å². The fourth-order valence-corrected chi connectivity index (χ4v) is 5.06. The predicted octanol–water partition coefficient (Wildman–Crippen LogP) is 6.01. The average Bonchev–Trinajstić information content (AvgIpc) is 2.89. The van der Waals surface area contributed by atoms with Gasteiger partial charge in [0.25, 0.3) is 0 Å². The van der Waals surface area contributed by atoms with Crippen LogP contribution in [-0.4, -0.2) is 23.0 Å². The summed E-state index contributed by atoms with van der Waals surface area (Å²) in [4.78, 5) is 16.2. The van der Waals surface area contributed by atoms with Crippen LogP contribution in [0.5, 0.6) is 0 Å². The molecule has 0 spiro atoms. The Kier molecular flexibility index (Phi) is 6.55. The number of ether oxygens (including phenoxy) is 1. The molecule has 1 fully saturated rings. The summed E-state index contributed by atoms with van der Waals surface area (Å²) in [5.74, 6) is -0.150. The normalized spacial score (nSPS) is 17.8. The highest BCUT2D eigenvalue weighted by molar-refractivity contribution is 5.83. The molecule has 0 aromatic heterocycles. The number of benzene rings is 4. The molecular formula is C31H29NO2. The molecule has 1 heterocycles. The van der Waals surface area contributed by atoms with Gasteiger partial charge in [0, 0.05) is 19.4 Å². The Morgan fingerprint density at radius 2 is 1.09 bits per heavy atom. The second-order valence-corrected chi connectivity index (χ2v) is 8.99. The minimum Gasteiger partial charge on any atom is -0.462 e. The van der Waals surface area contributed by atoms with Crippen molar-refractivity contribution < 1.29 is 9.53 Å². The molecule has 0 saturated carbocycles. The highest BCUT2D eigenvalue weighted by Gasteiger charge is 2.52. The number of morpholine rings is 1. The van der Waals surface area contributed by atoms with Gasteiger partial charge in [0.05, 0.1) is 6.04 Å². The lowest BCUT2D eigenvalue weighted by molar-refractivity contribution is -0.178. The number of rotatable bonds is 7. The molecule has 170 valence electrons. The van der Waals surface area contributed by atoms with Gasteiger partial charge >= 0.3 is 5.97 Å². The molecule has 0 amide bonds. The third kappa shape index (κ3) is 4.66. The molecule has 1 saturated heterocycles. The molecule has 34 heavy (non-hydrogen) atoms. The monoisotopic (exact) mass is 447 g/mol. The summed E-state index contributed by atoms with van der Waals surface area (Å²) in [5.41, 5.74) is 3.77. The Bertz CT molecular complexity index is 1150. The largest absolute Gasteiger partial charge is 0.462 e. The van der Waals surface area contributed by atoms with Crippen molar-refractivity contribution in [3.63, 3.8) is 0 Å². The van der Waals surface area contributed by atoms with E-state index in [-0.39, 0.29) is 12.0 Å². The molecule has 0 unspecified atom stereocenters. The number of hydrogen-bond donors (Lipinski definition) is 0. The van der Waals surface area contributed by atoms with Crippen LogP contribution in [0.4, 0.5) is 0 Å². The minimum atomic E-state index is -0.836. The Morgan fingerprint density at radius 3 is 1.59 bits per heavy atom. The van der Waals surface area contributed by atoms with Gasteiger partial charge in [-0.1, -0.05) is 121 Å². The van der Waals surface area contributed by atoms with Gasteiger partial charge in [0.1, 0.15) is 12.1 Å². The van der Waals surface area contributed by atoms with Crippen molar-refractivity contribution >= 4 is 5.97 Å². The molecule has 1 atom stereocenters. The molecule has 0 N–H and O–H groups in total. The molecule has 3 heteroatoms. The zero-order chi connectivity index (χ0) is 23.2. The van der Waals surface area contributed by atoms with Crippen molar-refractivity contribution in [2.45, 2.75) is 31.0 Å². The first-order valence-electron chi connectivity index (χ1n) is 11.9. The van der Waals surface area contributed by atoms with Crippen LogP contribution in [0.3, 0.4) is 0 Å². The van der Waals surface area contributed by atoms with Crippen LogP contribution in [0.2, 0.25) is 0 Å². The molecule has 0 aliphatic carbocycles. The van der Waals surface area contributed by atoms with E-state index in [1.54, 1.807) is 0 Å². The van der Waals surface area contributed by atoms with E-state index in [9.17, 15) is 4.79 Å². The van der Waals surface area contributed by atoms with Gasteiger partial charge in [-0.15, -0.1) is 0 Å². The van der Waals surface area contributed by atoms with Crippen molar-refractivity contribution in [1.29, 1.82) is 0 Å². The third-order valence-electron chi connectivity index (χ3n) is 6.74. The van der Waals surface area contributed by atoms with Crippen molar-refractivity contribution in [3.8, 4) is 0 Å². The molecule has 1 aliphatic heterocycles. The van der Waals surface area contributed by atoms with Crippen LogP contribution in [0, 0.1) is 0 Å². The van der Waals surface area contributed by atoms with Crippen LogP contribution in [0.25, 0.3) is 0 Å². The molecule has 4 aromatic rings. The lowest BCUT2D eigenvalue weighted by Crippen LogP contribution is -2.63. The maximum Gasteiger partial charge on any atom is 0.327 e. The van der Waals surface area contributed by atoms with Gasteiger partial charge in [-0.2, -0.15) is 0 Å². The van der Waals surface area contributed by atoms with E-state index in [4.69, 9.17) is 4.74 Å². The van der Waals surface area contributed by atoms with Crippen LogP contribution in [-0.2, 0) is 28.9 Å². The van der Waals surface area contributed by atoms with Crippen molar-refractivity contribution in [2.24, 2.45) is 0 Å². The Hall–Kier alpha value is -3.69. The number of nitrogens with zero attached hydrogens (tertiary/aromatic N) is 1. The standard InChI is InChI=1S/C31H29NO2/c33-30-31(21-25-13-5-1-6-14-25,22-26-15-7-2-8-16-26)32(23-27-17-9-3-10-18-27)29(24-34-30)28-19-11-4-12-20-28/h1-20,29H,21-24H2/t29-/m0/s1. The van der Waals surface area contributed by atoms with E-state index < -0.39 is 5.54 Å². The van der Waals surface area contributed by atoms with Gasteiger partial charge in [-0.05, 0) is 22.3 Å². The summed E-state index contributed by atoms with van der Waals surface area (Å²) < 4.78 is 5.99. The SMILES string of the molecule is O=C1OC[C@@H](c2ccccc2)N(Cc2ccccc2)C1(Cc1ccccc1)Cc1ccccc1. The molecule has 0 bridgehead atoms. The van der Waals surface area contributed by atoms with E-state index in [1.165, 1.54) is 5.56 Å². The number of carbonyl (C=O) groups excluding carboxylic acids is 1. The van der Waals surface area contributed by atoms with Gasteiger partial charge in [0.15, 0.2) is 0 Å². The maximum absolute atomic E-state index is 13.8. The molecule has 4 aromatic carbocycles. The van der Waals surface area contributed by atoms with Gasteiger partial charge in [-0.25, -0.2) is 0 Å². The number of hydrogen-bond acceptors (Lipinski definition) is 3. The third-order valence-corrected chi connectivity index (χ3v) is 6.74. The van der Waals surface area contributed by atoms with Crippen LogP contribution in [0.1, 0.15) is 28.3 Å². The second-order valence-electron chi connectivity index (χ2n) is 8.99. The van der Waals surface area contributed by atoms with Crippen LogP contribution in [0.15, 0.2) is 121 Å². The molecular weight excluding hydrogens is 418 g/mol. The van der Waals surface area contributed by atoms with Crippen molar-refractivity contribution in [1.82, 2.24) is 4.90 Å². The maximum atomic E-state index is 13.8.